The zero-order valence-electron chi connectivity index (χ0n) is 13.4. The number of morpholine rings is 1. The molecule has 6 heteroatoms. The Hall–Kier alpha value is -2.05. The maximum atomic E-state index is 13.0. The van der Waals surface area contributed by atoms with Crippen molar-refractivity contribution in [2.45, 2.75) is 11.3 Å². The number of anilines is 2. The zero-order chi connectivity index (χ0) is 16.6. The summed E-state index contributed by atoms with van der Waals surface area (Å²) in [7, 11) is -3.51. The van der Waals surface area contributed by atoms with E-state index in [1.54, 1.807) is 28.6 Å². The van der Waals surface area contributed by atoms with Crippen molar-refractivity contribution in [3.05, 3.63) is 54.1 Å². The molecule has 0 amide bonds. The monoisotopic (exact) mass is 344 g/mol. The molecule has 0 aromatic heterocycles. The highest BCUT2D eigenvalue weighted by atomic mass is 32.2. The molecule has 2 aliphatic rings. The first-order valence-electron chi connectivity index (χ1n) is 8.20. The average Bonchev–Trinajstić information content (AvgIpc) is 3.07. The Labute approximate surface area is 142 Å². The van der Waals surface area contributed by atoms with Gasteiger partial charge in [0.25, 0.3) is 10.0 Å². The van der Waals surface area contributed by atoms with Crippen molar-refractivity contribution in [2.24, 2.45) is 0 Å². The Bertz CT molecular complexity index is 831. The van der Waals surface area contributed by atoms with E-state index in [4.69, 9.17) is 4.74 Å². The first kappa shape index (κ1) is 15.5. The standard InChI is InChI=1S/C18H20N2O3S/c21-24(22,17-4-2-1-3-5-17)20-9-8-15-6-7-16(14-18(15)20)19-10-12-23-13-11-19/h1-7,14H,8-13H2. The lowest BCUT2D eigenvalue weighted by atomic mass is 10.1. The Morgan fingerprint density at radius 2 is 1.67 bits per heavy atom. The molecular weight excluding hydrogens is 324 g/mol. The number of rotatable bonds is 3. The minimum absolute atomic E-state index is 0.342. The summed E-state index contributed by atoms with van der Waals surface area (Å²) in [5.74, 6) is 0. The van der Waals surface area contributed by atoms with Gasteiger partial charge in [-0.2, -0.15) is 0 Å². The van der Waals surface area contributed by atoms with Crippen LogP contribution in [0.3, 0.4) is 0 Å². The van der Waals surface area contributed by atoms with Crippen LogP contribution in [0.25, 0.3) is 0 Å². The molecule has 126 valence electrons. The molecular formula is C18H20N2O3S. The molecule has 1 fully saturated rings. The van der Waals surface area contributed by atoms with Crippen molar-refractivity contribution in [1.29, 1.82) is 0 Å². The van der Waals surface area contributed by atoms with E-state index < -0.39 is 10.0 Å². The molecule has 0 N–H and O–H groups in total. The van der Waals surface area contributed by atoms with Crippen molar-refractivity contribution < 1.29 is 13.2 Å². The van der Waals surface area contributed by atoms with Crippen LogP contribution in [0.5, 0.6) is 0 Å². The van der Waals surface area contributed by atoms with E-state index in [1.165, 1.54) is 0 Å². The molecule has 0 spiro atoms. The number of hydrogen-bond acceptors (Lipinski definition) is 4. The average molecular weight is 344 g/mol. The highest BCUT2D eigenvalue weighted by Gasteiger charge is 2.31. The van der Waals surface area contributed by atoms with Crippen molar-refractivity contribution in [1.82, 2.24) is 0 Å². The van der Waals surface area contributed by atoms with Gasteiger partial charge < -0.3 is 9.64 Å². The smallest absolute Gasteiger partial charge is 0.264 e. The SMILES string of the molecule is O=S(=O)(c1ccccc1)N1CCc2ccc(N3CCOCC3)cc21. The second-order valence-corrected chi connectivity index (χ2v) is 7.91. The first-order chi connectivity index (χ1) is 11.7. The van der Waals surface area contributed by atoms with Gasteiger partial charge in [-0.3, -0.25) is 4.31 Å². The molecule has 0 saturated carbocycles. The van der Waals surface area contributed by atoms with Crippen LogP contribution in [-0.4, -0.2) is 41.3 Å². The van der Waals surface area contributed by atoms with Gasteiger partial charge in [0, 0.05) is 25.3 Å². The van der Waals surface area contributed by atoms with Crippen LogP contribution in [0.15, 0.2) is 53.4 Å². The minimum atomic E-state index is -3.51. The molecule has 0 unspecified atom stereocenters. The normalized spacial score (nSPS) is 17.8. The minimum Gasteiger partial charge on any atom is -0.378 e. The van der Waals surface area contributed by atoms with Crippen molar-refractivity contribution in [3.8, 4) is 0 Å². The lowest BCUT2D eigenvalue weighted by Gasteiger charge is -2.30. The Balaban J connectivity index is 1.70. The largest absolute Gasteiger partial charge is 0.378 e. The van der Waals surface area contributed by atoms with Crippen molar-refractivity contribution in [2.75, 3.05) is 42.1 Å². The second-order valence-electron chi connectivity index (χ2n) is 6.05. The quantitative estimate of drug-likeness (QED) is 0.857. The maximum Gasteiger partial charge on any atom is 0.264 e. The topological polar surface area (TPSA) is 49.9 Å². The first-order valence-corrected chi connectivity index (χ1v) is 9.64. The fraction of sp³-hybridized carbons (Fsp3) is 0.333. The summed E-state index contributed by atoms with van der Waals surface area (Å²) in [5.41, 5.74) is 2.96. The van der Waals surface area contributed by atoms with Crippen LogP contribution < -0.4 is 9.21 Å². The number of hydrogen-bond donors (Lipinski definition) is 0. The molecule has 0 bridgehead atoms. The lowest BCUT2D eigenvalue weighted by Crippen LogP contribution is -2.36. The third kappa shape index (κ3) is 2.65. The van der Waals surface area contributed by atoms with Gasteiger partial charge in [0.1, 0.15) is 0 Å². The molecule has 2 aromatic carbocycles. The highest BCUT2D eigenvalue weighted by Crippen LogP contribution is 2.36. The summed E-state index contributed by atoms with van der Waals surface area (Å²) in [6, 6.07) is 14.8. The molecule has 1 saturated heterocycles. The number of nitrogens with zero attached hydrogens (tertiary/aromatic N) is 2. The molecule has 0 atom stereocenters. The van der Waals surface area contributed by atoms with E-state index in [-0.39, 0.29) is 0 Å². The Kier molecular flexibility index (Phi) is 3.94. The maximum absolute atomic E-state index is 13.0. The van der Waals surface area contributed by atoms with E-state index >= 15 is 0 Å². The molecule has 5 nitrogen and oxygen atoms in total. The molecule has 2 aromatic rings. The summed E-state index contributed by atoms with van der Waals surface area (Å²) in [5, 5.41) is 0. The van der Waals surface area contributed by atoms with Gasteiger partial charge in [-0.25, -0.2) is 8.42 Å². The summed E-state index contributed by atoms with van der Waals surface area (Å²) < 4.78 is 32.9. The van der Waals surface area contributed by atoms with E-state index in [1.807, 2.05) is 12.1 Å². The lowest BCUT2D eigenvalue weighted by molar-refractivity contribution is 0.122. The Morgan fingerprint density at radius 1 is 0.917 bits per heavy atom. The van der Waals surface area contributed by atoms with Gasteiger partial charge in [-0.05, 0) is 36.2 Å². The molecule has 24 heavy (non-hydrogen) atoms. The summed E-state index contributed by atoms with van der Waals surface area (Å²) in [6.07, 6.45) is 0.755. The van der Waals surface area contributed by atoms with Crippen LogP contribution in [0.2, 0.25) is 0 Å². The molecule has 2 heterocycles. The van der Waals surface area contributed by atoms with Crippen LogP contribution in [0.1, 0.15) is 5.56 Å². The van der Waals surface area contributed by atoms with Gasteiger partial charge in [0.05, 0.1) is 23.8 Å². The number of sulfonamides is 1. The van der Waals surface area contributed by atoms with Gasteiger partial charge in [-0.1, -0.05) is 24.3 Å². The van der Waals surface area contributed by atoms with Crippen LogP contribution >= 0.6 is 0 Å². The van der Waals surface area contributed by atoms with Gasteiger partial charge in [0.2, 0.25) is 0 Å². The number of benzene rings is 2. The van der Waals surface area contributed by atoms with Crippen LogP contribution in [0.4, 0.5) is 11.4 Å². The summed E-state index contributed by atoms with van der Waals surface area (Å²) >= 11 is 0. The molecule has 2 aliphatic heterocycles. The van der Waals surface area contributed by atoms with Crippen LogP contribution in [-0.2, 0) is 21.2 Å². The van der Waals surface area contributed by atoms with E-state index in [0.717, 1.165) is 36.4 Å². The number of fused-ring (bicyclic) bond motifs is 1. The van der Waals surface area contributed by atoms with Gasteiger partial charge in [0.15, 0.2) is 0 Å². The van der Waals surface area contributed by atoms with Crippen molar-refractivity contribution in [3.63, 3.8) is 0 Å². The summed E-state index contributed by atoms with van der Waals surface area (Å²) in [6.45, 7) is 3.60. The second kappa shape index (κ2) is 6.11. The number of ether oxygens (including phenoxy) is 1. The predicted octanol–water partition coefficient (Wildman–Crippen LogP) is 2.27. The predicted molar refractivity (Wildman–Crippen MR) is 94.2 cm³/mol. The molecule has 0 aliphatic carbocycles. The van der Waals surface area contributed by atoms with Gasteiger partial charge in [-0.15, -0.1) is 0 Å². The zero-order valence-corrected chi connectivity index (χ0v) is 14.2. The summed E-state index contributed by atoms with van der Waals surface area (Å²) in [4.78, 5) is 2.59. The highest BCUT2D eigenvalue weighted by molar-refractivity contribution is 7.92. The van der Waals surface area contributed by atoms with E-state index in [9.17, 15) is 8.42 Å². The third-order valence-electron chi connectivity index (χ3n) is 4.63. The fourth-order valence-corrected chi connectivity index (χ4v) is 4.84. The molecule has 4 rings (SSSR count). The third-order valence-corrected chi connectivity index (χ3v) is 6.46. The van der Waals surface area contributed by atoms with Gasteiger partial charge >= 0.3 is 0 Å². The van der Waals surface area contributed by atoms with E-state index in [2.05, 4.69) is 17.0 Å². The van der Waals surface area contributed by atoms with E-state index in [0.29, 0.717) is 24.7 Å². The Morgan fingerprint density at radius 3 is 2.42 bits per heavy atom. The van der Waals surface area contributed by atoms with Crippen LogP contribution in [0, 0.1) is 0 Å². The van der Waals surface area contributed by atoms with Crippen molar-refractivity contribution >= 4 is 21.4 Å². The fourth-order valence-electron chi connectivity index (χ4n) is 3.33. The molecule has 0 radical (unpaired) electrons.